The number of hydrogen-bond acceptors (Lipinski definition) is 6. The number of anilines is 2. The smallest absolute Gasteiger partial charge is 0.239 e. The highest BCUT2D eigenvalue weighted by Gasteiger charge is 2.13. The van der Waals surface area contributed by atoms with Crippen LogP contribution in [0.4, 0.5) is 11.6 Å². The molecule has 1 heterocycles. The summed E-state index contributed by atoms with van der Waals surface area (Å²) in [6.45, 7) is 8.62. The lowest BCUT2D eigenvalue weighted by molar-refractivity contribution is -0.119. The van der Waals surface area contributed by atoms with E-state index < -0.39 is 0 Å². The molecule has 0 aromatic carbocycles. The highest BCUT2D eigenvalue weighted by molar-refractivity contribution is 5.80. The van der Waals surface area contributed by atoms with Crippen LogP contribution in [-0.4, -0.2) is 49.2 Å². The Bertz CT molecular complexity index is 453. The molecule has 1 aromatic heterocycles. The second-order valence-electron chi connectivity index (χ2n) is 4.38. The minimum absolute atomic E-state index is 0.0492. The number of aromatic nitrogens is 2. The van der Waals surface area contributed by atoms with Crippen molar-refractivity contribution in [2.24, 2.45) is 0 Å². The van der Waals surface area contributed by atoms with Gasteiger partial charge in [0.05, 0.1) is 6.54 Å². The Labute approximate surface area is 126 Å². The number of likely N-dealkylation sites (N-methyl/N-ethyl adjacent to an activating group) is 2. The summed E-state index contributed by atoms with van der Waals surface area (Å²) in [5.74, 6) is 2.03. The van der Waals surface area contributed by atoms with E-state index in [-0.39, 0.29) is 12.5 Å². The SMILES string of the molecule is CCNc1cc(N(CC)CC(=O)NC)nc(COCC)n1. The summed E-state index contributed by atoms with van der Waals surface area (Å²) >= 11 is 0. The first-order chi connectivity index (χ1) is 10.1. The summed E-state index contributed by atoms with van der Waals surface area (Å²) in [5, 5.41) is 5.80. The summed E-state index contributed by atoms with van der Waals surface area (Å²) in [6.07, 6.45) is 0. The number of amides is 1. The highest BCUT2D eigenvalue weighted by Crippen LogP contribution is 2.16. The van der Waals surface area contributed by atoms with Crippen LogP contribution in [-0.2, 0) is 16.1 Å². The molecule has 0 saturated heterocycles. The van der Waals surface area contributed by atoms with Crippen molar-refractivity contribution in [2.45, 2.75) is 27.4 Å². The van der Waals surface area contributed by atoms with Crippen molar-refractivity contribution in [3.05, 3.63) is 11.9 Å². The summed E-state index contributed by atoms with van der Waals surface area (Å²) in [5.41, 5.74) is 0. The van der Waals surface area contributed by atoms with Crippen LogP contribution in [0.2, 0.25) is 0 Å². The van der Waals surface area contributed by atoms with Crippen molar-refractivity contribution in [1.29, 1.82) is 0 Å². The molecule has 21 heavy (non-hydrogen) atoms. The average molecular weight is 295 g/mol. The first kappa shape index (κ1) is 17.2. The van der Waals surface area contributed by atoms with E-state index >= 15 is 0 Å². The summed E-state index contributed by atoms with van der Waals surface area (Å²) in [6, 6.07) is 1.85. The molecule has 0 unspecified atom stereocenters. The molecule has 7 nitrogen and oxygen atoms in total. The molecule has 2 N–H and O–H groups in total. The van der Waals surface area contributed by atoms with Crippen LogP contribution in [0.1, 0.15) is 26.6 Å². The second kappa shape index (κ2) is 9.12. The van der Waals surface area contributed by atoms with Crippen LogP contribution in [0, 0.1) is 0 Å². The maximum Gasteiger partial charge on any atom is 0.239 e. The molecule has 1 aromatic rings. The van der Waals surface area contributed by atoms with Crippen molar-refractivity contribution < 1.29 is 9.53 Å². The van der Waals surface area contributed by atoms with Gasteiger partial charge in [-0.15, -0.1) is 0 Å². The average Bonchev–Trinajstić information content (AvgIpc) is 2.50. The van der Waals surface area contributed by atoms with E-state index in [0.717, 1.165) is 18.2 Å². The molecule has 0 fully saturated rings. The Morgan fingerprint density at radius 1 is 1.33 bits per heavy atom. The van der Waals surface area contributed by atoms with Gasteiger partial charge in [0.25, 0.3) is 0 Å². The second-order valence-corrected chi connectivity index (χ2v) is 4.38. The van der Waals surface area contributed by atoms with Crippen LogP contribution in [0.15, 0.2) is 6.07 Å². The Hall–Kier alpha value is -1.89. The van der Waals surface area contributed by atoms with Crippen LogP contribution in [0.25, 0.3) is 0 Å². The summed E-state index contributed by atoms with van der Waals surface area (Å²) in [7, 11) is 1.63. The molecule has 0 atom stereocenters. The third kappa shape index (κ3) is 5.55. The Balaban J connectivity index is 3.00. The Kier molecular flexibility index (Phi) is 7.45. The topological polar surface area (TPSA) is 79.4 Å². The van der Waals surface area contributed by atoms with Gasteiger partial charge in [-0.1, -0.05) is 0 Å². The van der Waals surface area contributed by atoms with Gasteiger partial charge in [0.1, 0.15) is 18.2 Å². The number of rotatable bonds is 9. The summed E-state index contributed by atoms with van der Waals surface area (Å²) in [4.78, 5) is 22.4. The number of hydrogen-bond donors (Lipinski definition) is 2. The van der Waals surface area contributed by atoms with Crippen LogP contribution in [0.5, 0.6) is 0 Å². The third-order valence-electron chi connectivity index (χ3n) is 2.87. The van der Waals surface area contributed by atoms with Gasteiger partial charge in [-0.25, -0.2) is 9.97 Å². The van der Waals surface area contributed by atoms with Gasteiger partial charge in [0.15, 0.2) is 5.82 Å². The van der Waals surface area contributed by atoms with E-state index in [1.54, 1.807) is 7.05 Å². The van der Waals surface area contributed by atoms with Crippen molar-refractivity contribution in [1.82, 2.24) is 15.3 Å². The first-order valence-corrected chi connectivity index (χ1v) is 7.29. The zero-order valence-corrected chi connectivity index (χ0v) is 13.3. The standard InChI is InChI=1S/C14H25N5O2/c1-5-16-11-8-13(18-12(17-11)10-21-7-3)19(6-2)9-14(20)15-4/h8H,5-7,9-10H2,1-4H3,(H,15,20)(H,16,17,18). The fraction of sp³-hybridized carbons (Fsp3) is 0.643. The predicted molar refractivity (Wildman–Crippen MR) is 83.5 cm³/mol. The Morgan fingerprint density at radius 3 is 2.67 bits per heavy atom. The molecule has 0 aliphatic rings. The van der Waals surface area contributed by atoms with Crippen LogP contribution >= 0.6 is 0 Å². The maximum absolute atomic E-state index is 11.6. The van der Waals surface area contributed by atoms with Crippen molar-refractivity contribution in [3.63, 3.8) is 0 Å². The van der Waals surface area contributed by atoms with Crippen molar-refractivity contribution in [2.75, 3.05) is 43.5 Å². The normalized spacial score (nSPS) is 10.3. The van der Waals surface area contributed by atoms with E-state index in [1.807, 2.05) is 31.7 Å². The number of carbonyl (C=O) groups is 1. The van der Waals surface area contributed by atoms with Gasteiger partial charge in [0.2, 0.25) is 5.91 Å². The molecular formula is C14H25N5O2. The van der Waals surface area contributed by atoms with Crippen LogP contribution in [0.3, 0.4) is 0 Å². The van der Waals surface area contributed by atoms with Crippen LogP contribution < -0.4 is 15.5 Å². The van der Waals surface area contributed by atoms with E-state index in [1.165, 1.54) is 0 Å². The lowest BCUT2D eigenvalue weighted by Crippen LogP contribution is -2.36. The number of nitrogens with zero attached hydrogens (tertiary/aromatic N) is 3. The first-order valence-electron chi connectivity index (χ1n) is 7.29. The molecule has 0 aliphatic heterocycles. The molecule has 118 valence electrons. The van der Waals surface area contributed by atoms with Crippen molar-refractivity contribution >= 4 is 17.5 Å². The lowest BCUT2D eigenvalue weighted by atomic mass is 10.4. The zero-order chi connectivity index (χ0) is 15.7. The minimum Gasteiger partial charge on any atom is -0.374 e. The molecule has 0 saturated carbocycles. The van der Waals surface area contributed by atoms with E-state index in [9.17, 15) is 4.79 Å². The van der Waals surface area contributed by atoms with E-state index in [0.29, 0.717) is 25.6 Å². The fourth-order valence-electron chi connectivity index (χ4n) is 1.78. The molecule has 0 aliphatic carbocycles. The van der Waals surface area contributed by atoms with Gasteiger partial charge in [-0.3, -0.25) is 4.79 Å². The van der Waals surface area contributed by atoms with Crippen molar-refractivity contribution in [3.8, 4) is 0 Å². The lowest BCUT2D eigenvalue weighted by Gasteiger charge is -2.22. The third-order valence-corrected chi connectivity index (χ3v) is 2.87. The molecule has 7 heteroatoms. The largest absolute Gasteiger partial charge is 0.374 e. The van der Waals surface area contributed by atoms with Gasteiger partial charge in [0, 0.05) is 32.8 Å². The van der Waals surface area contributed by atoms with Gasteiger partial charge >= 0.3 is 0 Å². The monoisotopic (exact) mass is 295 g/mol. The highest BCUT2D eigenvalue weighted by atomic mass is 16.5. The summed E-state index contributed by atoms with van der Waals surface area (Å²) < 4.78 is 5.37. The van der Waals surface area contributed by atoms with Gasteiger partial charge < -0.3 is 20.3 Å². The quantitative estimate of drug-likeness (QED) is 0.708. The predicted octanol–water partition coefficient (Wildman–Crippen LogP) is 1.02. The molecule has 0 bridgehead atoms. The Morgan fingerprint density at radius 2 is 2.10 bits per heavy atom. The molecule has 1 rings (SSSR count). The minimum atomic E-state index is -0.0492. The zero-order valence-electron chi connectivity index (χ0n) is 13.3. The van der Waals surface area contributed by atoms with E-state index in [2.05, 4.69) is 20.6 Å². The molecule has 1 amide bonds. The van der Waals surface area contributed by atoms with E-state index in [4.69, 9.17) is 4.74 Å². The molecule has 0 radical (unpaired) electrons. The fourth-order valence-corrected chi connectivity index (χ4v) is 1.78. The van der Waals surface area contributed by atoms with Gasteiger partial charge in [-0.05, 0) is 20.8 Å². The van der Waals surface area contributed by atoms with Gasteiger partial charge in [-0.2, -0.15) is 0 Å². The maximum atomic E-state index is 11.6. The molecular weight excluding hydrogens is 270 g/mol. The number of nitrogens with one attached hydrogen (secondary N) is 2. The number of ether oxygens (including phenoxy) is 1. The molecule has 0 spiro atoms. The number of carbonyl (C=O) groups excluding carboxylic acids is 1.